The topological polar surface area (TPSA) is 78.5 Å². The maximum absolute atomic E-state index is 13.3. The maximum Gasteiger partial charge on any atom is 1.00 e. The van der Waals surface area contributed by atoms with Crippen LogP contribution < -0.4 is 44.7 Å². The van der Waals surface area contributed by atoms with E-state index in [0.717, 1.165) is 6.07 Å². The molecule has 0 saturated carbocycles. The summed E-state index contributed by atoms with van der Waals surface area (Å²) >= 11 is 0. The third-order valence-electron chi connectivity index (χ3n) is 2.74. The average molecular weight is 325 g/mol. The number of benzene rings is 2. The summed E-state index contributed by atoms with van der Waals surface area (Å²) in [6.45, 7) is 0. The van der Waals surface area contributed by atoms with E-state index in [4.69, 9.17) is 4.74 Å². The van der Waals surface area contributed by atoms with E-state index in [0.29, 0.717) is 5.75 Å². The number of carbonyl (C=O) groups excluding carboxylic acids is 2. The van der Waals surface area contributed by atoms with E-state index >= 15 is 0 Å². The van der Waals surface area contributed by atoms with Gasteiger partial charge in [-0.1, -0.05) is 18.2 Å². The monoisotopic (exact) mass is 325 g/mol. The van der Waals surface area contributed by atoms with Crippen molar-refractivity contribution in [3.8, 4) is 11.5 Å². The summed E-state index contributed by atoms with van der Waals surface area (Å²) in [5, 5.41) is 12.8. The molecule has 0 heterocycles. The van der Waals surface area contributed by atoms with Gasteiger partial charge in [-0.15, -0.1) is 0 Å². The molecule has 0 atom stereocenters. The molecule has 0 aliphatic heterocycles. The SMILES string of the molecule is O=C([O-])CCC(=O)Nc1cc(F)ccc1Oc1ccccc1.[Na+]. The van der Waals surface area contributed by atoms with Gasteiger partial charge in [0, 0.05) is 18.5 Å². The molecule has 2 aromatic carbocycles. The van der Waals surface area contributed by atoms with Gasteiger partial charge in [-0.05, 0) is 30.7 Å². The molecule has 0 radical (unpaired) electrons. The molecule has 0 aliphatic carbocycles. The van der Waals surface area contributed by atoms with Crippen molar-refractivity contribution in [3.63, 3.8) is 0 Å². The Morgan fingerprint density at radius 3 is 2.43 bits per heavy atom. The van der Waals surface area contributed by atoms with Crippen LogP contribution in [0.4, 0.5) is 10.1 Å². The second kappa shape index (κ2) is 9.29. The largest absolute Gasteiger partial charge is 1.00 e. The number of carboxylic acids is 1. The summed E-state index contributed by atoms with van der Waals surface area (Å²) < 4.78 is 18.9. The number of amides is 1. The zero-order chi connectivity index (χ0) is 15.9. The Labute approximate surface area is 154 Å². The molecular weight excluding hydrogens is 312 g/mol. The van der Waals surface area contributed by atoms with Gasteiger partial charge in [0.25, 0.3) is 0 Å². The number of hydrogen-bond acceptors (Lipinski definition) is 4. The Morgan fingerprint density at radius 2 is 1.78 bits per heavy atom. The normalized spacial score (nSPS) is 9.61. The number of ether oxygens (including phenoxy) is 1. The maximum atomic E-state index is 13.3. The number of aliphatic carboxylic acids is 1. The Hall–Kier alpha value is -1.89. The van der Waals surface area contributed by atoms with E-state index < -0.39 is 24.1 Å². The number of carbonyl (C=O) groups is 2. The molecule has 5 nitrogen and oxygen atoms in total. The van der Waals surface area contributed by atoms with Crippen molar-refractivity contribution in [2.45, 2.75) is 12.8 Å². The molecule has 0 saturated heterocycles. The van der Waals surface area contributed by atoms with Crippen molar-refractivity contribution in [1.82, 2.24) is 0 Å². The van der Waals surface area contributed by atoms with Crippen LogP contribution >= 0.6 is 0 Å². The molecular formula is C16H13FNNaO4. The second-order valence-electron chi connectivity index (χ2n) is 4.48. The minimum Gasteiger partial charge on any atom is -0.550 e. The molecule has 0 aliphatic rings. The van der Waals surface area contributed by atoms with Crippen molar-refractivity contribution in [1.29, 1.82) is 0 Å². The van der Waals surface area contributed by atoms with Crippen LogP contribution in [-0.2, 0) is 9.59 Å². The number of para-hydroxylation sites is 1. The van der Waals surface area contributed by atoms with E-state index in [2.05, 4.69) is 5.32 Å². The minimum atomic E-state index is -1.32. The third kappa shape index (κ3) is 6.40. The first-order valence-corrected chi connectivity index (χ1v) is 6.57. The Kier molecular flexibility index (Phi) is 7.74. The summed E-state index contributed by atoms with van der Waals surface area (Å²) in [6.07, 6.45) is -0.667. The van der Waals surface area contributed by atoms with Crippen LogP contribution in [0.5, 0.6) is 11.5 Å². The molecule has 0 aromatic heterocycles. The molecule has 0 spiro atoms. The van der Waals surface area contributed by atoms with Crippen molar-refractivity contribution in [3.05, 3.63) is 54.3 Å². The van der Waals surface area contributed by atoms with Gasteiger partial charge in [0.2, 0.25) is 5.91 Å². The fourth-order valence-corrected chi connectivity index (χ4v) is 1.73. The number of anilines is 1. The van der Waals surface area contributed by atoms with Crippen LogP contribution in [0.3, 0.4) is 0 Å². The van der Waals surface area contributed by atoms with Crippen molar-refractivity contribution in [2.24, 2.45) is 0 Å². The predicted octanol–water partition coefficient (Wildman–Crippen LogP) is -0.909. The molecule has 0 fully saturated rings. The molecule has 2 rings (SSSR count). The smallest absolute Gasteiger partial charge is 0.550 e. The number of rotatable bonds is 6. The molecule has 2 aromatic rings. The van der Waals surface area contributed by atoms with Crippen LogP contribution in [-0.4, -0.2) is 11.9 Å². The molecule has 0 unspecified atom stereocenters. The Balaban J connectivity index is 0.00000264. The van der Waals surface area contributed by atoms with Crippen molar-refractivity contribution in [2.75, 3.05) is 5.32 Å². The summed E-state index contributed by atoms with van der Waals surface area (Å²) in [7, 11) is 0. The zero-order valence-electron chi connectivity index (χ0n) is 12.5. The molecule has 1 amide bonds. The quantitative estimate of drug-likeness (QED) is 0.698. The number of carboxylic acid groups (broad SMARTS) is 1. The van der Waals surface area contributed by atoms with Gasteiger partial charge < -0.3 is 20.0 Å². The summed E-state index contributed by atoms with van der Waals surface area (Å²) in [5.74, 6) is -1.65. The molecule has 0 bridgehead atoms. The number of halogens is 1. The number of nitrogens with one attached hydrogen (secondary N) is 1. The van der Waals surface area contributed by atoms with Gasteiger partial charge in [-0.25, -0.2) is 4.39 Å². The van der Waals surface area contributed by atoms with Crippen molar-refractivity contribution >= 4 is 17.6 Å². The molecule has 114 valence electrons. The van der Waals surface area contributed by atoms with E-state index in [9.17, 15) is 19.1 Å². The molecule has 1 N–H and O–H groups in total. The summed E-state index contributed by atoms with van der Waals surface area (Å²) in [5.41, 5.74) is 0.132. The fourth-order valence-electron chi connectivity index (χ4n) is 1.73. The van der Waals surface area contributed by atoms with Crippen LogP contribution in [0.1, 0.15) is 12.8 Å². The van der Waals surface area contributed by atoms with E-state index in [1.807, 2.05) is 6.07 Å². The first kappa shape index (κ1) is 19.2. The van der Waals surface area contributed by atoms with Gasteiger partial charge in [-0.2, -0.15) is 0 Å². The van der Waals surface area contributed by atoms with Gasteiger partial charge in [0.1, 0.15) is 11.6 Å². The number of hydrogen-bond donors (Lipinski definition) is 1. The predicted molar refractivity (Wildman–Crippen MR) is 75.8 cm³/mol. The van der Waals surface area contributed by atoms with E-state index in [-0.39, 0.29) is 47.4 Å². The first-order chi connectivity index (χ1) is 10.5. The fraction of sp³-hybridized carbons (Fsp3) is 0.125. The standard InChI is InChI=1S/C16H14FNO4.Na/c17-11-6-7-14(22-12-4-2-1-3-5-12)13(10-11)18-15(19)8-9-16(20)21;/h1-7,10H,8-9H2,(H,18,19)(H,20,21);/q;+1/p-1. The molecule has 7 heteroatoms. The second-order valence-corrected chi connectivity index (χ2v) is 4.48. The minimum absolute atomic E-state index is 0. The van der Waals surface area contributed by atoms with Crippen LogP contribution in [0.2, 0.25) is 0 Å². The average Bonchev–Trinajstić information content (AvgIpc) is 2.49. The third-order valence-corrected chi connectivity index (χ3v) is 2.74. The van der Waals surface area contributed by atoms with Gasteiger partial charge in [0.15, 0.2) is 5.75 Å². The first-order valence-electron chi connectivity index (χ1n) is 6.57. The van der Waals surface area contributed by atoms with Crippen LogP contribution in [0.15, 0.2) is 48.5 Å². The summed E-state index contributed by atoms with van der Waals surface area (Å²) in [6, 6.07) is 12.5. The Morgan fingerprint density at radius 1 is 1.09 bits per heavy atom. The van der Waals surface area contributed by atoms with Crippen LogP contribution in [0.25, 0.3) is 0 Å². The van der Waals surface area contributed by atoms with Crippen LogP contribution in [0, 0.1) is 5.82 Å². The van der Waals surface area contributed by atoms with E-state index in [1.165, 1.54) is 12.1 Å². The van der Waals surface area contributed by atoms with Gasteiger partial charge >= 0.3 is 29.6 Å². The molecule has 23 heavy (non-hydrogen) atoms. The van der Waals surface area contributed by atoms with E-state index in [1.54, 1.807) is 24.3 Å². The van der Waals surface area contributed by atoms with Gasteiger partial charge in [0.05, 0.1) is 5.69 Å². The summed E-state index contributed by atoms with van der Waals surface area (Å²) in [4.78, 5) is 22.0. The van der Waals surface area contributed by atoms with Gasteiger partial charge in [-0.3, -0.25) is 4.79 Å². The Bertz CT molecular complexity index is 679. The van der Waals surface area contributed by atoms with Crippen molar-refractivity contribution < 1.29 is 53.4 Å². The zero-order valence-corrected chi connectivity index (χ0v) is 14.5.